The first-order chi connectivity index (χ1) is 10.3. The molecule has 1 fully saturated rings. The standard InChI is InChI=1S/C14H22N4O3S/c1-17(2)13-5-4-11(8-15-13)16-14(19)9-18(3)12-6-7-22(20,21)10-12/h4-5,8,12H,6-7,9-10H2,1-3H3,(H,16,19)/t12-/m0/s1. The van der Waals surface area contributed by atoms with Crippen molar-refractivity contribution in [3.8, 4) is 0 Å². The first-order valence-electron chi connectivity index (χ1n) is 7.11. The summed E-state index contributed by atoms with van der Waals surface area (Å²) in [5.74, 6) is 0.979. The molecule has 1 aliphatic rings. The van der Waals surface area contributed by atoms with Crippen LogP contribution in [0.25, 0.3) is 0 Å². The van der Waals surface area contributed by atoms with Crippen LogP contribution in [0.5, 0.6) is 0 Å². The lowest BCUT2D eigenvalue weighted by Crippen LogP contribution is -2.38. The average Bonchev–Trinajstić information content (AvgIpc) is 2.79. The molecule has 0 bridgehead atoms. The molecule has 1 saturated heterocycles. The number of rotatable bonds is 5. The average molecular weight is 326 g/mol. The van der Waals surface area contributed by atoms with E-state index in [2.05, 4.69) is 10.3 Å². The molecule has 2 heterocycles. The van der Waals surface area contributed by atoms with E-state index in [4.69, 9.17) is 0 Å². The highest BCUT2D eigenvalue weighted by Crippen LogP contribution is 2.16. The minimum atomic E-state index is -2.94. The lowest BCUT2D eigenvalue weighted by Gasteiger charge is -2.22. The van der Waals surface area contributed by atoms with E-state index in [9.17, 15) is 13.2 Å². The molecule has 122 valence electrons. The lowest BCUT2D eigenvalue weighted by atomic mass is 10.2. The highest BCUT2D eigenvalue weighted by atomic mass is 32.2. The van der Waals surface area contributed by atoms with Crippen LogP contribution in [0.1, 0.15) is 6.42 Å². The quantitative estimate of drug-likeness (QED) is 0.833. The van der Waals surface area contributed by atoms with Crippen molar-refractivity contribution in [2.75, 3.05) is 49.4 Å². The number of sulfone groups is 1. The Balaban J connectivity index is 1.87. The zero-order valence-electron chi connectivity index (χ0n) is 13.1. The molecular formula is C14H22N4O3S. The van der Waals surface area contributed by atoms with Gasteiger partial charge in [0.05, 0.1) is 29.9 Å². The van der Waals surface area contributed by atoms with Crippen molar-refractivity contribution < 1.29 is 13.2 Å². The summed E-state index contributed by atoms with van der Waals surface area (Å²) < 4.78 is 22.9. The van der Waals surface area contributed by atoms with Gasteiger partial charge in [0.25, 0.3) is 0 Å². The Hall–Kier alpha value is -1.67. The first-order valence-corrected chi connectivity index (χ1v) is 8.93. The number of nitrogens with zero attached hydrogens (tertiary/aromatic N) is 3. The highest BCUT2D eigenvalue weighted by Gasteiger charge is 2.31. The van der Waals surface area contributed by atoms with Gasteiger partial charge in [0.2, 0.25) is 5.91 Å². The van der Waals surface area contributed by atoms with Crippen LogP contribution < -0.4 is 10.2 Å². The Bertz CT molecular complexity index is 628. The van der Waals surface area contributed by atoms with Gasteiger partial charge in [-0.1, -0.05) is 0 Å². The summed E-state index contributed by atoms with van der Waals surface area (Å²) in [4.78, 5) is 19.9. The third kappa shape index (κ3) is 4.41. The van der Waals surface area contributed by atoms with E-state index < -0.39 is 9.84 Å². The Morgan fingerprint density at radius 3 is 2.59 bits per heavy atom. The van der Waals surface area contributed by atoms with Crippen molar-refractivity contribution in [1.29, 1.82) is 0 Å². The van der Waals surface area contributed by atoms with Crippen LogP contribution in [-0.4, -0.2) is 69.4 Å². The zero-order valence-corrected chi connectivity index (χ0v) is 13.9. The topological polar surface area (TPSA) is 82.6 Å². The second-order valence-electron chi connectivity index (χ2n) is 5.82. The molecule has 1 N–H and O–H groups in total. The third-order valence-electron chi connectivity index (χ3n) is 3.71. The van der Waals surface area contributed by atoms with Crippen molar-refractivity contribution in [3.63, 3.8) is 0 Å². The first kappa shape index (κ1) is 16.7. The minimum Gasteiger partial charge on any atom is -0.363 e. The van der Waals surface area contributed by atoms with Gasteiger partial charge in [-0.2, -0.15) is 0 Å². The van der Waals surface area contributed by atoms with Gasteiger partial charge in [-0.15, -0.1) is 0 Å². The van der Waals surface area contributed by atoms with Gasteiger partial charge in [0.1, 0.15) is 5.82 Å². The number of pyridine rings is 1. The number of hydrogen-bond acceptors (Lipinski definition) is 6. The predicted octanol–water partition coefficient (Wildman–Crippen LogP) is 0.205. The fourth-order valence-corrected chi connectivity index (χ4v) is 4.21. The Morgan fingerprint density at radius 2 is 2.09 bits per heavy atom. The van der Waals surface area contributed by atoms with Crippen molar-refractivity contribution >= 4 is 27.2 Å². The summed E-state index contributed by atoms with van der Waals surface area (Å²) in [6, 6.07) is 3.54. The molecule has 0 spiro atoms. The van der Waals surface area contributed by atoms with Gasteiger partial charge < -0.3 is 10.2 Å². The van der Waals surface area contributed by atoms with Crippen LogP contribution >= 0.6 is 0 Å². The molecular weight excluding hydrogens is 304 g/mol. The monoisotopic (exact) mass is 326 g/mol. The van der Waals surface area contributed by atoms with Gasteiger partial charge >= 0.3 is 0 Å². The smallest absolute Gasteiger partial charge is 0.238 e. The molecule has 1 atom stereocenters. The number of likely N-dealkylation sites (N-methyl/N-ethyl adjacent to an activating group) is 1. The molecule has 8 heteroatoms. The minimum absolute atomic E-state index is 0.0787. The Labute approximate surface area is 131 Å². The Morgan fingerprint density at radius 1 is 1.36 bits per heavy atom. The van der Waals surface area contributed by atoms with Gasteiger partial charge in [-0.05, 0) is 25.6 Å². The number of aromatic nitrogens is 1. The van der Waals surface area contributed by atoms with Crippen molar-refractivity contribution in [2.45, 2.75) is 12.5 Å². The molecule has 1 aromatic rings. The Kier molecular flexibility index (Phi) is 5.02. The van der Waals surface area contributed by atoms with Crippen LogP contribution in [0.3, 0.4) is 0 Å². The molecule has 0 aromatic carbocycles. The second kappa shape index (κ2) is 6.62. The van der Waals surface area contributed by atoms with Gasteiger partial charge in [0.15, 0.2) is 9.84 Å². The molecule has 1 amide bonds. The summed E-state index contributed by atoms with van der Waals surface area (Å²) in [6.45, 7) is 0.162. The fourth-order valence-electron chi connectivity index (χ4n) is 2.40. The molecule has 2 rings (SSSR count). The summed E-state index contributed by atoms with van der Waals surface area (Å²) >= 11 is 0. The van der Waals surface area contributed by atoms with Crippen LogP contribution in [0.4, 0.5) is 11.5 Å². The summed E-state index contributed by atoms with van der Waals surface area (Å²) in [5, 5.41) is 2.77. The molecule has 0 unspecified atom stereocenters. The third-order valence-corrected chi connectivity index (χ3v) is 5.46. The highest BCUT2D eigenvalue weighted by molar-refractivity contribution is 7.91. The van der Waals surface area contributed by atoms with Crippen LogP contribution in [0, 0.1) is 0 Å². The van der Waals surface area contributed by atoms with Gasteiger partial charge in [0, 0.05) is 20.1 Å². The van der Waals surface area contributed by atoms with Crippen molar-refractivity contribution in [1.82, 2.24) is 9.88 Å². The number of carbonyl (C=O) groups is 1. The number of anilines is 2. The maximum absolute atomic E-state index is 12.0. The van der Waals surface area contributed by atoms with E-state index in [0.717, 1.165) is 5.82 Å². The maximum atomic E-state index is 12.0. The van der Waals surface area contributed by atoms with Crippen LogP contribution in [0.2, 0.25) is 0 Å². The van der Waals surface area contributed by atoms with Crippen LogP contribution in [-0.2, 0) is 14.6 Å². The zero-order chi connectivity index (χ0) is 16.3. The summed E-state index contributed by atoms with van der Waals surface area (Å²) in [6.07, 6.45) is 2.19. The fraction of sp³-hybridized carbons (Fsp3) is 0.571. The molecule has 22 heavy (non-hydrogen) atoms. The van der Waals surface area contributed by atoms with E-state index in [-0.39, 0.29) is 30.0 Å². The molecule has 7 nitrogen and oxygen atoms in total. The summed E-state index contributed by atoms with van der Waals surface area (Å²) in [7, 11) is 2.63. The largest absolute Gasteiger partial charge is 0.363 e. The van der Waals surface area contributed by atoms with Crippen molar-refractivity contribution in [3.05, 3.63) is 18.3 Å². The normalized spacial score (nSPS) is 20.1. The number of nitrogens with one attached hydrogen (secondary N) is 1. The maximum Gasteiger partial charge on any atom is 0.238 e. The number of amides is 1. The van der Waals surface area contributed by atoms with E-state index >= 15 is 0 Å². The van der Waals surface area contributed by atoms with E-state index in [1.54, 1.807) is 24.2 Å². The van der Waals surface area contributed by atoms with Gasteiger partial charge in [-0.3, -0.25) is 9.69 Å². The van der Waals surface area contributed by atoms with Crippen molar-refractivity contribution in [2.24, 2.45) is 0 Å². The van der Waals surface area contributed by atoms with Gasteiger partial charge in [-0.25, -0.2) is 13.4 Å². The van der Waals surface area contributed by atoms with E-state index in [0.29, 0.717) is 12.1 Å². The second-order valence-corrected chi connectivity index (χ2v) is 8.05. The summed E-state index contributed by atoms with van der Waals surface area (Å²) in [5.41, 5.74) is 0.628. The molecule has 1 aromatic heterocycles. The van der Waals surface area contributed by atoms with Crippen LogP contribution in [0.15, 0.2) is 18.3 Å². The molecule has 0 radical (unpaired) electrons. The molecule has 0 saturated carbocycles. The molecule has 1 aliphatic heterocycles. The van der Waals surface area contributed by atoms with E-state index in [1.165, 1.54) is 0 Å². The number of carbonyl (C=O) groups excluding carboxylic acids is 1. The predicted molar refractivity (Wildman–Crippen MR) is 86.9 cm³/mol. The SMILES string of the molecule is CN(C)c1ccc(NC(=O)CN(C)[C@H]2CCS(=O)(=O)C2)cn1. The number of hydrogen-bond donors (Lipinski definition) is 1. The molecule has 0 aliphatic carbocycles. The van der Waals surface area contributed by atoms with E-state index in [1.807, 2.05) is 25.1 Å². The lowest BCUT2D eigenvalue weighted by molar-refractivity contribution is -0.117.